The third-order valence-electron chi connectivity index (χ3n) is 1.76. The van der Waals surface area contributed by atoms with Crippen LogP contribution >= 0.6 is 0 Å². The Bertz CT molecular complexity index is 395. The Kier molecular flexibility index (Phi) is 3.33. The van der Waals surface area contributed by atoms with Gasteiger partial charge in [-0.25, -0.2) is 4.98 Å². The van der Waals surface area contributed by atoms with Gasteiger partial charge in [-0.3, -0.25) is 9.59 Å². The van der Waals surface area contributed by atoms with Crippen LogP contribution in [0.1, 0.15) is 17.3 Å². The number of carbonyl (C=O) groups excluding carboxylic acids is 2. The minimum atomic E-state index is -0.797. The lowest BCUT2D eigenvalue weighted by Gasteiger charge is -2.09. The topological polar surface area (TPSA) is 85.1 Å². The van der Waals surface area contributed by atoms with Gasteiger partial charge < -0.3 is 11.1 Å². The summed E-state index contributed by atoms with van der Waals surface area (Å²) in [7, 11) is 0. The molecule has 1 atom stereocenters. The maximum absolute atomic E-state index is 12.6. The quantitative estimate of drug-likeness (QED) is 0.680. The van der Waals surface area contributed by atoms with Gasteiger partial charge in [0.2, 0.25) is 11.9 Å². The fourth-order valence-corrected chi connectivity index (χ4v) is 0.895. The Morgan fingerprint density at radius 1 is 1.60 bits per heavy atom. The highest BCUT2D eigenvalue weighted by atomic mass is 19.1. The molecule has 1 unspecified atom stereocenters. The van der Waals surface area contributed by atoms with Crippen LogP contribution in [0.2, 0.25) is 0 Å². The van der Waals surface area contributed by atoms with Crippen LogP contribution in [0.5, 0.6) is 0 Å². The minimum absolute atomic E-state index is 0.0931. The predicted molar refractivity (Wildman–Crippen MR) is 50.3 cm³/mol. The molecule has 1 aromatic rings. The van der Waals surface area contributed by atoms with E-state index in [1.54, 1.807) is 0 Å². The molecule has 1 heterocycles. The third-order valence-corrected chi connectivity index (χ3v) is 1.76. The van der Waals surface area contributed by atoms with Crippen molar-refractivity contribution in [3.05, 3.63) is 29.8 Å². The summed E-state index contributed by atoms with van der Waals surface area (Å²) in [5.74, 6) is -1.98. The molecular weight excluding hydrogens is 201 g/mol. The van der Waals surface area contributed by atoms with E-state index in [4.69, 9.17) is 5.73 Å². The minimum Gasteiger partial charge on any atom is -0.368 e. The van der Waals surface area contributed by atoms with E-state index in [0.29, 0.717) is 0 Å². The lowest BCUT2D eigenvalue weighted by Crippen LogP contribution is -2.42. The summed E-state index contributed by atoms with van der Waals surface area (Å²) in [5.41, 5.74) is 5.05. The summed E-state index contributed by atoms with van der Waals surface area (Å²) in [6, 6.07) is 1.52. The molecular formula is C9H10FN3O2. The summed E-state index contributed by atoms with van der Waals surface area (Å²) in [6.45, 7) is 1.44. The first-order valence-corrected chi connectivity index (χ1v) is 4.22. The molecule has 0 fully saturated rings. The molecule has 3 N–H and O–H groups in total. The van der Waals surface area contributed by atoms with Crippen LogP contribution in [0.25, 0.3) is 0 Å². The fraction of sp³-hybridized carbons (Fsp3) is 0.222. The summed E-state index contributed by atoms with van der Waals surface area (Å²) >= 11 is 0. The first kappa shape index (κ1) is 11.1. The Hall–Kier alpha value is -1.98. The number of amides is 2. The molecule has 0 radical (unpaired) electrons. The average molecular weight is 211 g/mol. The van der Waals surface area contributed by atoms with Crippen LogP contribution in [0.4, 0.5) is 4.39 Å². The fourth-order valence-electron chi connectivity index (χ4n) is 0.895. The lowest BCUT2D eigenvalue weighted by molar-refractivity contribution is -0.119. The van der Waals surface area contributed by atoms with Gasteiger partial charge in [-0.15, -0.1) is 0 Å². The first-order chi connectivity index (χ1) is 7.00. The molecule has 0 saturated heterocycles. The van der Waals surface area contributed by atoms with Crippen molar-refractivity contribution in [3.63, 3.8) is 0 Å². The predicted octanol–water partition coefficient (Wildman–Crippen LogP) is -0.176. The van der Waals surface area contributed by atoms with Crippen molar-refractivity contribution in [2.75, 3.05) is 0 Å². The van der Waals surface area contributed by atoms with E-state index in [-0.39, 0.29) is 5.56 Å². The van der Waals surface area contributed by atoms with Gasteiger partial charge in [0, 0.05) is 17.8 Å². The van der Waals surface area contributed by atoms with E-state index in [2.05, 4.69) is 10.3 Å². The smallest absolute Gasteiger partial charge is 0.252 e. The van der Waals surface area contributed by atoms with Crippen molar-refractivity contribution >= 4 is 11.8 Å². The van der Waals surface area contributed by atoms with E-state index in [9.17, 15) is 14.0 Å². The summed E-state index contributed by atoms with van der Waals surface area (Å²) < 4.78 is 12.6. The highest BCUT2D eigenvalue weighted by Gasteiger charge is 2.13. The normalized spacial score (nSPS) is 11.9. The van der Waals surface area contributed by atoms with Crippen molar-refractivity contribution in [2.45, 2.75) is 13.0 Å². The van der Waals surface area contributed by atoms with Gasteiger partial charge in [-0.05, 0) is 13.0 Å². The monoisotopic (exact) mass is 211 g/mol. The SMILES string of the molecule is CC(NC(=O)c1ccnc(F)c1)C(N)=O. The number of carbonyl (C=O) groups is 2. The van der Waals surface area contributed by atoms with Crippen LogP contribution in [-0.4, -0.2) is 22.8 Å². The molecule has 1 rings (SSSR count). The molecule has 0 saturated carbocycles. The Morgan fingerprint density at radius 2 is 2.27 bits per heavy atom. The van der Waals surface area contributed by atoms with Gasteiger partial charge in [0.1, 0.15) is 6.04 Å². The van der Waals surface area contributed by atoms with Crippen LogP contribution in [-0.2, 0) is 4.79 Å². The number of nitrogens with one attached hydrogen (secondary N) is 1. The van der Waals surface area contributed by atoms with Gasteiger partial charge in [-0.1, -0.05) is 0 Å². The van der Waals surface area contributed by atoms with Gasteiger partial charge in [-0.2, -0.15) is 4.39 Å². The van der Waals surface area contributed by atoms with Crippen LogP contribution in [0.3, 0.4) is 0 Å². The second-order valence-corrected chi connectivity index (χ2v) is 2.96. The number of nitrogens with two attached hydrogens (primary N) is 1. The van der Waals surface area contributed by atoms with Crippen molar-refractivity contribution in [2.24, 2.45) is 5.73 Å². The molecule has 6 heteroatoms. The van der Waals surface area contributed by atoms with Crippen molar-refractivity contribution < 1.29 is 14.0 Å². The third kappa shape index (κ3) is 3.01. The number of hydrogen-bond acceptors (Lipinski definition) is 3. The number of hydrogen-bond donors (Lipinski definition) is 2. The zero-order valence-corrected chi connectivity index (χ0v) is 8.03. The Morgan fingerprint density at radius 3 is 2.80 bits per heavy atom. The number of nitrogens with zero attached hydrogens (tertiary/aromatic N) is 1. The Balaban J connectivity index is 2.73. The Labute approximate surface area is 85.5 Å². The summed E-state index contributed by atoms with van der Waals surface area (Å²) in [4.78, 5) is 25.4. The molecule has 80 valence electrons. The maximum atomic E-state index is 12.6. The first-order valence-electron chi connectivity index (χ1n) is 4.22. The van der Waals surface area contributed by atoms with Crippen LogP contribution in [0, 0.1) is 5.95 Å². The highest BCUT2D eigenvalue weighted by Crippen LogP contribution is 2.00. The molecule has 1 aromatic heterocycles. The molecule has 0 aliphatic carbocycles. The molecule has 0 aliphatic rings. The van der Waals surface area contributed by atoms with Gasteiger partial charge in [0.25, 0.3) is 5.91 Å². The van der Waals surface area contributed by atoms with Crippen molar-refractivity contribution in [1.82, 2.24) is 10.3 Å². The number of halogens is 1. The van der Waals surface area contributed by atoms with Gasteiger partial charge >= 0.3 is 0 Å². The largest absolute Gasteiger partial charge is 0.368 e. The number of aromatic nitrogens is 1. The number of pyridine rings is 1. The second kappa shape index (κ2) is 4.50. The summed E-state index contributed by atoms with van der Waals surface area (Å²) in [6.07, 6.45) is 1.17. The molecule has 2 amide bonds. The van der Waals surface area contributed by atoms with Crippen molar-refractivity contribution in [1.29, 1.82) is 0 Å². The van der Waals surface area contributed by atoms with Crippen LogP contribution in [0.15, 0.2) is 18.3 Å². The molecule has 0 aliphatic heterocycles. The van der Waals surface area contributed by atoms with E-state index < -0.39 is 23.8 Å². The van der Waals surface area contributed by atoms with E-state index in [0.717, 1.165) is 6.07 Å². The maximum Gasteiger partial charge on any atom is 0.252 e. The lowest BCUT2D eigenvalue weighted by atomic mass is 10.2. The van der Waals surface area contributed by atoms with Crippen LogP contribution < -0.4 is 11.1 Å². The second-order valence-electron chi connectivity index (χ2n) is 2.96. The zero-order valence-electron chi connectivity index (χ0n) is 8.03. The van der Waals surface area contributed by atoms with E-state index >= 15 is 0 Å². The molecule has 0 aromatic carbocycles. The molecule has 0 bridgehead atoms. The summed E-state index contributed by atoms with van der Waals surface area (Å²) in [5, 5.41) is 2.31. The van der Waals surface area contributed by atoms with E-state index in [1.807, 2.05) is 0 Å². The van der Waals surface area contributed by atoms with Gasteiger partial charge in [0.05, 0.1) is 0 Å². The zero-order chi connectivity index (χ0) is 11.4. The standard InChI is InChI=1S/C9H10FN3O2/c1-5(8(11)14)13-9(15)6-2-3-12-7(10)4-6/h2-5H,1H3,(H2,11,14)(H,13,15). The average Bonchev–Trinajstić information content (AvgIpc) is 2.17. The molecule has 5 nitrogen and oxygen atoms in total. The molecule has 15 heavy (non-hydrogen) atoms. The van der Waals surface area contributed by atoms with Crippen molar-refractivity contribution in [3.8, 4) is 0 Å². The number of primary amides is 1. The highest BCUT2D eigenvalue weighted by molar-refractivity contribution is 5.97. The van der Waals surface area contributed by atoms with E-state index in [1.165, 1.54) is 19.2 Å². The van der Waals surface area contributed by atoms with Gasteiger partial charge in [0.15, 0.2) is 0 Å². The molecule has 0 spiro atoms. The number of rotatable bonds is 3.